The first-order valence-electron chi connectivity index (χ1n) is 5.74. The van der Waals surface area contributed by atoms with Crippen molar-refractivity contribution in [1.82, 2.24) is 4.90 Å². The molecule has 0 radical (unpaired) electrons. The van der Waals surface area contributed by atoms with Crippen molar-refractivity contribution in [3.63, 3.8) is 0 Å². The van der Waals surface area contributed by atoms with Gasteiger partial charge in [0.15, 0.2) is 5.96 Å². The number of nitriles is 1. The van der Waals surface area contributed by atoms with Gasteiger partial charge in [-0.15, -0.1) is 0 Å². The number of hydrogen-bond donors (Lipinski definition) is 1. The van der Waals surface area contributed by atoms with Crippen LogP contribution in [0.2, 0.25) is 0 Å². The molecule has 0 amide bonds. The van der Waals surface area contributed by atoms with Gasteiger partial charge in [-0.25, -0.2) is 4.99 Å². The van der Waals surface area contributed by atoms with Gasteiger partial charge in [-0.3, -0.25) is 0 Å². The molecule has 0 aliphatic carbocycles. The van der Waals surface area contributed by atoms with Crippen molar-refractivity contribution in [2.45, 2.75) is 18.9 Å². The average molecular weight is 240 g/mol. The van der Waals surface area contributed by atoms with Crippen LogP contribution < -0.4 is 5.73 Å². The largest absolute Gasteiger partial charge is 0.370 e. The molecule has 0 bridgehead atoms. The Kier molecular flexibility index (Phi) is 2.84. The van der Waals surface area contributed by atoms with Gasteiger partial charge in [0.1, 0.15) is 0 Å². The van der Waals surface area contributed by atoms with Gasteiger partial charge >= 0.3 is 0 Å². The third-order valence-corrected chi connectivity index (χ3v) is 3.34. The Morgan fingerprint density at radius 1 is 1.56 bits per heavy atom. The standard InChI is InChI=1S/C14H16N4/c1-10-8-14(2,17-13(16)18(10)3)12-6-4-5-11(7-12)9-15/h4-7H,1,8H2,2-3H3,(H2,16,17)/t14-/m0/s1. The number of nitrogens with two attached hydrogens (primary N) is 1. The molecule has 1 aliphatic rings. The number of benzene rings is 1. The van der Waals surface area contributed by atoms with Gasteiger partial charge in [-0.1, -0.05) is 18.7 Å². The molecule has 1 aromatic carbocycles. The van der Waals surface area contributed by atoms with Crippen LogP contribution in [-0.4, -0.2) is 17.9 Å². The van der Waals surface area contributed by atoms with Gasteiger partial charge in [-0.05, 0) is 24.6 Å². The summed E-state index contributed by atoms with van der Waals surface area (Å²) in [5.41, 5.74) is 8.00. The fraction of sp³-hybridized carbons (Fsp3) is 0.286. The van der Waals surface area contributed by atoms with E-state index in [1.165, 1.54) is 0 Å². The van der Waals surface area contributed by atoms with Crippen LogP contribution in [0, 0.1) is 11.3 Å². The Labute approximate surface area is 107 Å². The molecule has 2 N–H and O–H groups in total. The van der Waals surface area contributed by atoms with Gasteiger partial charge in [0, 0.05) is 19.2 Å². The normalized spacial score (nSPS) is 23.5. The molecule has 1 atom stereocenters. The lowest BCUT2D eigenvalue weighted by Gasteiger charge is -2.36. The van der Waals surface area contributed by atoms with Crippen molar-refractivity contribution in [3.8, 4) is 6.07 Å². The van der Waals surface area contributed by atoms with Crippen molar-refractivity contribution in [3.05, 3.63) is 47.7 Å². The first-order chi connectivity index (χ1) is 8.46. The monoisotopic (exact) mass is 240 g/mol. The zero-order valence-corrected chi connectivity index (χ0v) is 10.6. The maximum atomic E-state index is 8.95. The lowest BCUT2D eigenvalue weighted by atomic mass is 9.86. The van der Waals surface area contributed by atoms with Crippen LogP contribution in [0.1, 0.15) is 24.5 Å². The van der Waals surface area contributed by atoms with Gasteiger partial charge < -0.3 is 10.6 Å². The SMILES string of the molecule is C=C1C[C@@](C)(c2cccc(C#N)c2)N=C(N)N1C. The van der Waals surface area contributed by atoms with E-state index in [0.29, 0.717) is 17.9 Å². The van der Waals surface area contributed by atoms with E-state index in [1.54, 1.807) is 11.0 Å². The molecule has 4 nitrogen and oxygen atoms in total. The van der Waals surface area contributed by atoms with Crippen molar-refractivity contribution in [2.24, 2.45) is 10.7 Å². The Balaban J connectivity index is 2.49. The van der Waals surface area contributed by atoms with Crippen LogP contribution in [0.3, 0.4) is 0 Å². The molecule has 0 unspecified atom stereocenters. The Morgan fingerprint density at radius 2 is 2.28 bits per heavy atom. The van der Waals surface area contributed by atoms with E-state index in [1.807, 2.05) is 32.2 Å². The molecule has 18 heavy (non-hydrogen) atoms. The second-order valence-corrected chi connectivity index (χ2v) is 4.74. The summed E-state index contributed by atoms with van der Waals surface area (Å²) in [4.78, 5) is 6.33. The van der Waals surface area contributed by atoms with Crippen molar-refractivity contribution in [1.29, 1.82) is 5.26 Å². The highest BCUT2D eigenvalue weighted by molar-refractivity contribution is 5.81. The summed E-state index contributed by atoms with van der Waals surface area (Å²) >= 11 is 0. The summed E-state index contributed by atoms with van der Waals surface area (Å²) in [7, 11) is 1.85. The van der Waals surface area contributed by atoms with Gasteiger partial charge in [-0.2, -0.15) is 5.26 Å². The van der Waals surface area contributed by atoms with Crippen LogP contribution in [0.4, 0.5) is 0 Å². The summed E-state index contributed by atoms with van der Waals surface area (Å²) in [6.45, 7) is 6.02. The van der Waals surface area contributed by atoms with Crippen LogP contribution in [0.25, 0.3) is 0 Å². The van der Waals surface area contributed by atoms with E-state index < -0.39 is 5.54 Å². The summed E-state index contributed by atoms with van der Waals surface area (Å²) in [5.74, 6) is 0.455. The van der Waals surface area contributed by atoms with E-state index in [4.69, 9.17) is 11.0 Å². The molecule has 1 heterocycles. The minimum Gasteiger partial charge on any atom is -0.370 e. The summed E-state index contributed by atoms with van der Waals surface area (Å²) < 4.78 is 0. The second kappa shape index (κ2) is 4.19. The molecule has 0 aromatic heterocycles. The Hall–Kier alpha value is -2.28. The van der Waals surface area contributed by atoms with Gasteiger partial charge in [0.25, 0.3) is 0 Å². The van der Waals surface area contributed by atoms with Crippen LogP contribution in [-0.2, 0) is 5.54 Å². The summed E-state index contributed by atoms with van der Waals surface area (Å²) in [6.07, 6.45) is 0.694. The third kappa shape index (κ3) is 1.95. The smallest absolute Gasteiger partial charge is 0.196 e. The summed E-state index contributed by atoms with van der Waals surface area (Å²) in [6, 6.07) is 9.62. The number of hydrogen-bond acceptors (Lipinski definition) is 4. The number of aliphatic imine (C=N–C) groups is 1. The lowest BCUT2D eigenvalue weighted by molar-refractivity contribution is 0.400. The molecule has 92 valence electrons. The second-order valence-electron chi connectivity index (χ2n) is 4.74. The van der Waals surface area contributed by atoms with Gasteiger partial charge in [0.2, 0.25) is 0 Å². The fourth-order valence-electron chi connectivity index (χ4n) is 2.14. The third-order valence-electron chi connectivity index (χ3n) is 3.34. The fourth-order valence-corrected chi connectivity index (χ4v) is 2.14. The van der Waals surface area contributed by atoms with Crippen molar-refractivity contribution < 1.29 is 0 Å². The zero-order valence-electron chi connectivity index (χ0n) is 10.6. The number of nitrogens with zero attached hydrogens (tertiary/aromatic N) is 3. The Morgan fingerprint density at radius 3 is 2.89 bits per heavy atom. The highest BCUT2D eigenvalue weighted by Crippen LogP contribution is 2.36. The predicted octanol–water partition coefficient (Wildman–Crippen LogP) is 1.94. The molecule has 0 spiro atoms. The van der Waals surface area contributed by atoms with Crippen LogP contribution in [0.15, 0.2) is 41.5 Å². The van der Waals surface area contributed by atoms with Gasteiger partial charge in [0.05, 0.1) is 17.2 Å². The maximum Gasteiger partial charge on any atom is 0.196 e. The number of rotatable bonds is 1. The molecule has 0 saturated carbocycles. The van der Waals surface area contributed by atoms with E-state index in [9.17, 15) is 0 Å². The Bertz CT molecular complexity index is 567. The number of guanidine groups is 1. The first kappa shape index (κ1) is 12.2. The van der Waals surface area contributed by atoms with E-state index in [0.717, 1.165) is 11.3 Å². The van der Waals surface area contributed by atoms with Crippen molar-refractivity contribution in [2.75, 3.05) is 7.05 Å². The van der Waals surface area contributed by atoms with E-state index >= 15 is 0 Å². The van der Waals surface area contributed by atoms with Crippen molar-refractivity contribution >= 4 is 5.96 Å². The van der Waals surface area contributed by atoms with Crippen LogP contribution in [0.5, 0.6) is 0 Å². The molecular weight excluding hydrogens is 224 g/mol. The average Bonchev–Trinajstić information content (AvgIpc) is 2.36. The molecule has 4 heteroatoms. The quantitative estimate of drug-likeness (QED) is 0.815. The topological polar surface area (TPSA) is 65.4 Å². The summed E-state index contributed by atoms with van der Waals surface area (Å²) in [5, 5.41) is 8.95. The van der Waals surface area contributed by atoms with E-state index in [2.05, 4.69) is 17.6 Å². The van der Waals surface area contributed by atoms with Crippen LogP contribution >= 0.6 is 0 Å². The lowest BCUT2D eigenvalue weighted by Crippen LogP contribution is -2.42. The minimum absolute atomic E-state index is 0.444. The molecule has 0 fully saturated rings. The molecular formula is C14H16N4. The zero-order chi connectivity index (χ0) is 13.3. The molecule has 1 aliphatic heterocycles. The molecule has 0 saturated heterocycles. The highest BCUT2D eigenvalue weighted by Gasteiger charge is 2.33. The first-order valence-corrected chi connectivity index (χ1v) is 5.74. The van der Waals surface area contributed by atoms with E-state index in [-0.39, 0.29) is 0 Å². The molecule has 2 rings (SSSR count). The predicted molar refractivity (Wildman–Crippen MR) is 71.7 cm³/mol. The highest BCUT2D eigenvalue weighted by atomic mass is 15.3. The maximum absolute atomic E-state index is 8.95. The molecule has 1 aromatic rings. The minimum atomic E-state index is -0.444.